The van der Waals surface area contributed by atoms with Crippen LogP contribution in [0.15, 0.2) is 71.5 Å². The Kier molecular flexibility index (Phi) is 5.78. The van der Waals surface area contributed by atoms with Crippen LogP contribution in [0.25, 0.3) is 5.69 Å². The number of nitrogens with zero attached hydrogens (tertiary/aromatic N) is 3. The molecule has 2 atom stereocenters. The Labute approximate surface area is 179 Å². The lowest BCUT2D eigenvalue weighted by Gasteiger charge is -2.29. The fourth-order valence-corrected chi connectivity index (χ4v) is 4.36. The molecule has 144 valence electrons. The fourth-order valence-electron chi connectivity index (χ4n) is 3.77. The van der Waals surface area contributed by atoms with E-state index < -0.39 is 0 Å². The number of rotatable bonds is 6. The first kappa shape index (κ1) is 19.2. The third kappa shape index (κ3) is 3.71. The third-order valence-corrected chi connectivity index (χ3v) is 6.02. The van der Waals surface area contributed by atoms with Crippen molar-refractivity contribution in [1.29, 1.82) is 0 Å². The van der Waals surface area contributed by atoms with E-state index in [4.69, 9.17) is 12.2 Å². The zero-order valence-corrected chi connectivity index (χ0v) is 18.2. The molecule has 3 heterocycles. The summed E-state index contributed by atoms with van der Waals surface area (Å²) in [6.07, 6.45) is 6.20. The van der Waals surface area contributed by atoms with Gasteiger partial charge in [0.2, 0.25) is 0 Å². The number of hydrogen-bond acceptors (Lipinski definition) is 2. The highest BCUT2D eigenvalue weighted by molar-refractivity contribution is 9.10. The molecule has 0 aliphatic carbocycles. The van der Waals surface area contributed by atoms with Crippen LogP contribution in [0.1, 0.15) is 43.2 Å². The molecular formula is C22H23BrN4S. The summed E-state index contributed by atoms with van der Waals surface area (Å²) in [7, 11) is 0. The predicted octanol–water partition coefficient (Wildman–Crippen LogP) is 5.41. The largest absolute Gasteiger partial charge is 0.352 e. The van der Waals surface area contributed by atoms with Gasteiger partial charge in [0, 0.05) is 34.8 Å². The summed E-state index contributed by atoms with van der Waals surface area (Å²) < 4.78 is 3.33. The van der Waals surface area contributed by atoms with Crippen LogP contribution in [-0.4, -0.2) is 26.1 Å². The molecule has 28 heavy (non-hydrogen) atoms. The lowest BCUT2D eigenvalue weighted by Crippen LogP contribution is -2.31. The van der Waals surface area contributed by atoms with Crippen LogP contribution in [0.4, 0.5) is 0 Å². The number of aromatic nitrogens is 2. The van der Waals surface area contributed by atoms with Crippen molar-refractivity contribution in [2.24, 2.45) is 0 Å². The number of nitrogens with one attached hydrogen (secondary N) is 1. The summed E-state index contributed by atoms with van der Waals surface area (Å²) in [5, 5.41) is 4.33. The first-order valence-electron chi connectivity index (χ1n) is 9.60. The molecular weight excluding hydrogens is 432 g/mol. The summed E-state index contributed by atoms with van der Waals surface area (Å²) in [6, 6.07) is 18.9. The molecule has 1 aliphatic rings. The van der Waals surface area contributed by atoms with Crippen molar-refractivity contribution in [2.75, 3.05) is 6.54 Å². The average Bonchev–Trinajstić information content (AvgIpc) is 3.32. The van der Waals surface area contributed by atoms with Crippen molar-refractivity contribution in [1.82, 2.24) is 19.8 Å². The number of pyridine rings is 1. The molecule has 0 amide bonds. The fraction of sp³-hybridized carbons (Fsp3) is 0.273. The van der Waals surface area contributed by atoms with E-state index in [0.717, 1.165) is 40.4 Å². The van der Waals surface area contributed by atoms with E-state index in [0.29, 0.717) is 0 Å². The van der Waals surface area contributed by atoms with Gasteiger partial charge in [-0.3, -0.25) is 4.98 Å². The highest BCUT2D eigenvalue weighted by atomic mass is 79.9. The molecule has 4 rings (SSSR count). The molecule has 0 radical (unpaired) electrons. The number of hydrogen-bond donors (Lipinski definition) is 1. The van der Waals surface area contributed by atoms with Crippen molar-refractivity contribution >= 4 is 33.3 Å². The lowest BCUT2D eigenvalue weighted by molar-refractivity contribution is 0.304. The van der Waals surface area contributed by atoms with Crippen LogP contribution in [0.5, 0.6) is 0 Å². The highest BCUT2D eigenvalue weighted by Gasteiger charge is 2.40. The molecule has 2 aromatic heterocycles. The van der Waals surface area contributed by atoms with E-state index in [9.17, 15) is 0 Å². The van der Waals surface area contributed by atoms with Gasteiger partial charge in [0.25, 0.3) is 0 Å². The molecule has 0 unspecified atom stereocenters. The van der Waals surface area contributed by atoms with E-state index in [1.165, 1.54) is 5.69 Å². The smallest absolute Gasteiger partial charge is 0.170 e. The Bertz CT molecular complexity index is 939. The molecule has 1 N–H and O–H groups in total. The van der Waals surface area contributed by atoms with Gasteiger partial charge in [0.1, 0.15) is 0 Å². The van der Waals surface area contributed by atoms with Gasteiger partial charge in [-0.25, -0.2) is 0 Å². The van der Waals surface area contributed by atoms with Gasteiger partial charge in [-0.1, -0.05) is 35.3 Å². The molecule has 6 heteroatoms. The predicted molar refractivity (Wildman–Crippen MR) is 121 cm³/mol. The van der Waals surface area contributed by atoms with E-state index in [-0.39, 0.29) is 12.1 Å². The zero-order chi connectivity index (χ0) is 19.5. The lowest BCUT2D eigenvalue weighted by atomic mass is 10.0. The number of halogens is 1. The molecule has 1 fully saturated rings. The Balaban J connectivity index is 1.78. The van der Waals surface area contributed by atoms with Gasteiger partial charge < -0.3 is 14.8 Å². The maximum atomic E-state index is 5.73. The monoisotopic (exact) mass is 454 g/mol. The van der Waals surface area contributed by atoms with Gasteiger partial charge >= 0.3 is 0 Å². The van der Waals surface area contributed by atoms with E-state index in [1.54, 1.807) is 0 Å². The van der Waals surface area contributed by atoms with E-state index in [1.807, 2.05) is 18.3 Å². The van der Waals surface area contributed by atoms with Crippen LogP contribution >= 0.6 is 28.1 Å². The Hall–Kier alpha value is -2.18. The molecule has 0 saturated carbocycles. The van der Waals surface area contributed by atoms with Gasteiger partial charge in [-0.15, -0.1) is 0 Å². The summed E-state index contributed by atoms with van der Waals surface area (Å²) in [5.74, 6) is 0. The van der Waals surface area contributed by atoms with E-state index >= 15 is 0 Å². The van der Waals surface area contributed by atoms with Crippen LogP contribution in [-0.2, 0) is 0 Å². The van der Waals surface area contributed by atoms with Crippen LogP contribution < -0.4 is 5.32 Å². The molecule has 0 spiro atoms. The molecule has 3 aromatic rings. The minimum Gasteiger partial charge on any atom is -0.352 e. The minimum absolute atomic E-state index is 0.0228. The first-order chi connectivity index (χ1) is 13.7. The molecule has 1 saturated heterocycles. The zero-order valence-electron chi connectivity index (χ0n) is 15.8. The minimum atomic E-state index is 0.0228. The third-order valence-electron chi connectivity index (χ3n) is 5.14. The van der Waals surface area contributed by atoms with Crippen molar-refractivity contribution in [2.45, 2.75) is 31.8 Å². The number of thiocarbonyl (C=S) groups is 1. The quantitative estimate of drug-likeness (QED) is 0.504. The molecule has 1 aromatic carbocycles. The maximum absolute atomic E-state index is 5.73. The highest BCUT2D eigenvalue weighted by Crippen LogP contribution is 2.39. The molecule has 1 aliphatic heterocycles. The summed E-state index contributed by atoms with van der Waals surface area (Å²) in [5.41, 5.74) is 3.36. The summed E-state index contributed by atoms with van der Waals surface area (Å²) in [4.78, 5) is 6.94. The average molecular weight is 455 g/mol. The SMILES string of the molecule is CCCCN1C(=S)N[C@H](c2ccccn2)[C@@H]1c1cccn1-c1ccc(Br)cc1. The second-order valence-electron chi connectivity index (χ2n) is 6.95. The first-order valence-corrected chi connectivity index (χ1v) is 10.8. The normalized spacial score (nSPS) is 19.1. The van der Waals surface area contributed by atoms with Crippen LogP contribution in [0.2, 0.25) is 0 Å². The van der Waals surface area contributed by atoms with Crippen molar-refractivity contribution in [3.05, 3.63) is 82.9 Å². The van der Waals surface area contributed by atoms with Gasteiger partial charge in [-0.2, -0.15) is 0 Å². The maximum Gasteiger partial charge on any atom is 0.170 e. The van der Waals surface area contributed by atoms with Gasteiger partial charge in [0.05, 0.1) is 17.8 Å². The van der Waals surface area contributed by atoms with E-state index in [2.05, 4.69) is 91.3 Å². The Morgan fingerprint density at radius 2 is 1.93 bits per heavy atom. The van der Waals surface area contributed by atoms with Crippen LogP contribution in [0, 0.1) is 0 Å². The van der Waals surface area contributed by atoms with Crippen LogP contribution in [0.3, 0.4) is 0 Å². The Morgan fingerprint density at radius 3 is 2.64 bits per heavy atom. The second-order valence-corrected chi connectivity index (χ2v) is 8.26. The van der Waals surface area contributed by atoms with Gasteiger partial charge in [-0.05, 0) is 67.2 Å². The van der Waals surface area contributed by atoms with Crippen molar-refractivity contribution < 1.29 is 0 Å². The molecule has 4 nitrogen and oxygen atoms in total. The topological polar surface area (TPSA) is 33.1 Å². The van der Waals surface area contributed by atoms with Crippen molar-refractivity contribution in [3.63, 3.8) is 0 Å². The summed E-state index contributed by atoms with van der Waals surface area (Å²) in [6.45, 7) is 3.14. The summed E-state index contributed by atoms with van der Waals surface area (Å²) >= 11 is 9.26. The number of unbranched alkanes of at least 4 members (excludes halogenated alkanes) is 1. The van der Waals surface area contributed by atoms with Gasteiger partial charge in [0.15, 0.2) is 5.11 Å². The second kappa shape index (κ2) is 8.45. The standard InChI is InChI=1S/C22H23BrN4S/c1-2-3-14-27-21(20(25-22(27)28)18-7-4-5-13-24-18)19-8-6-15-26(19)17-11-9-16(23)10-12-17/h4-13,15,20-21H,2-3,14H2,1H3,(H,25,28)/t20-,21+/m1/s1. The Morgan fingerprint density at radius 1 is 1.11 bits per heavy atom. The number of benzene rings is 1. The molecule has 0 bridgehead atoms. The van der Waals surface area contributed by atoms with Crippen molar-refractivity contribution in [3.8, 4) is 5.69 Å².